The molecule has 2 atom stereocenters. The largest absolute Gasteiger partial charge is 0.452 e. The molecule has 114 valence electrons. The second-order valence-corrected chi connectivity index (χ2v) is 5.58. The molecule has 1 aromatic carbocycles. The molecule has 0 spiro atoms. The summed E-state index contributed by atoms with van der Waals surface area (Å²) < 4.78 is 10.6. The fourth-order valence-corrected chi connectivity index (χ4v) is 2.49. The SMILES string of the molecule is CC1CN(C(=O)COC(=O)c2cccc(Cl)c2)CC(C)O1. The van der Waals surface area contributed by atoms with Gasteiger partial charge >= 0.3 is 5.97 Å². The van der Waals surface area contributed by atoms with Crippen LogP contribution in [-0.4, -0.2) is 48.7 Å². The van der Waals surface area contributed by atoms with Crippen molar-refractivity contribution in [2.45, 2.75) is 26.1 Å². The topological polar surface area (TPSA) is 55.8 Å². The van der Waals surface area contributed by atoms with E-state index in [-0.39, 0.29) is 24.7 Å². The van der Waals surface area contributed by atoms with Gasteiger partial charge in [0.25, 0.3) is 5.91 Å². The van der Waals surface area contributed by atoms with E-state index < -0.39 is 5.97 Å². The number of ether oxygens (including phenoxy) is 2. The highest BCUT2D eigenvalue weighted by molar-refractivity contribution is 6.30. The highest BCUT2D eigenvalue weighted by Crippen LogP contribution is 2.13. The lowest BCUT2D eigenvalue weighted by molar-refractivity contribution is -0.146. The summed E-state index contributed by atoms with van der Waals surface area (Å²) in [5, 5.41) is 0.451. The lowest BCUT2D eigenvalue weighted by atomic mass is 10.2. The van der Waals surface area contributed by atoms with E-state index in [0.29, 0.717) is 23.7 Å². The van der Waals surface area contributed by atoms with Gasteiger partial charge in [-0.15, -0.1) is 0 Å². The van der Waals surface area contributed by atoms with E-state index >= 15 is 0 Å². The van der Waals surface area contributed by atoms with E-state index in [2.05, 4.69) is 0 Å². The molecule has 1 aliphatic rings. The summed E-state index contributed by atoms with van der Waals surface area (Å²) in [6.07, 6.45) is -0.0253. The van der Waals surface area contributed by atoms with E-state index in [1.165, 1.54) is 6.07 Å². The van der Waals surface area contributed by atoms with Gasteiger partial charge in [0.15, 0.2) is 6.61 Å². The number of halogens is 1. The van der Waals surface area contributed by atoms with Crippen LogP contribution in [0.4, 0.5) is 0 Å². The Labute approximate surface area is 128 Å². The van der Waals surface area contributed by atoms with Crippen LogP contribution in [-0.2, 0) is 14.3 Å². The molecule has 0 bridgehead atoms. The first-order valence-corrected chi connectivity index (χ1v) is 7.19. The van der Waals surface area contributed by atoms with Crippen LogP contribution < -0.4 is 0 Å². The van der Waals surface area contributed by atoms with Crippen LogP contribution in [0.2, 0.25) is 5.02 Å². The minimum absolute atomic E-state index is 0.0127. The second kappa shape index (κ2) is 6.91. The van der Waals surface area contributed by atoms with Crippen molar-refractivity contribution in [2.24, 2.45) is 0 Å². The molecule has 1 saturated heterocycles. The third-order valence-electron chi connectivity index (χ3n) is 3.16. The number of carbonyl (C=O) groups is 2. The van der Waals surface area contributed by atoms with Gasteiger partial charge in [-0.1, -0.05) is 17.7 Å². The van der Waals surface area contributed by atoms with Crippen LogP contribution in [0.5, 0.6) is 0 Å². The van der Waals surface area contributed by atoms with Crippen molar-refractivity contribution < 1.29 is 19.1 Å². The van der Waals surface area contributed by atoms with Gasteiger partial charge in [-0.25, -0.2) is 4.79 Å². The van der Waals surface area contributed by atoms with Crippen LogP contribution in [0.25, 0.3) is 0 Å². The van der Waals surface area contributed by atoms with E-state index in [9.17, 15) is 9.59 Å². The lowest BCUT2D eigenvalue weighted by Gasteiger charge is -2.35. The standard InChI is InChI=1S/C15H18ClNO4/c1-10-7-17(8-11(2)21-10)14(18)9-20-15(19)12-4-3-5-13(16)6-12/h3-6,10-11H,7-9H2,1-2H3. The molecular formula is C15H18ClNO4. The zero-order chi connectivity index (χ0) is 15.4. The Morgan fingerprint density at radius 1 is 1.33 bits per heavy atom. The van der Waals surface area contributed by atoms with Crippen LogP contribution in [0, 0.1) is 0 Å². The minimum Gasteiger partial charge on any atom is -0.452 e. The molecular weight excluding hydrogens is 294 g/mol. The number of morpholine rings is 1. The number of carbonyl (C=O) groups excluding carboxylic acids is 2. The summed E-state index contributed by atoms with van der Waals surface area (Å²) in [7, 11) is 0. The Bertz CT molecular complexity index is 524. The fourth-order valence-electron chi connectivity index (χ4n) is 2.30. The number of hydrogen-bond acceptors (Lipinski definition) is 4. The average molecular weight is 312 g/mol. The van der Waals surface area contributed by atoms with Gasteiger partial charge in [0.2, 0.25) is 0 Å². The van der Waals surface area contributed by atoms with E-state index in [1.807, 2.05) is 13.8 Å². The molecule has 6 heteroatoms. The zero-order valence-corrected chi connectivity index (χ0v) is 12.8. The molecule has 0 N–H and O–H groups in total. The van der Waals surface area contributed by atoms with Gasteiger partial charge in [0, 0.05) is 18.1 Å². The molecule has 21 heavy (non-hydrogen) atoms. The number of esters is 1. The molecule has 1 amide bonds. The second-order valence-electron chi connectivity index (χ2n) is 5.14. The molecule has 5 nitrogen and oxygen atoms in total. The van der Waals surface area contributed by atoms with Crippen LogP contribution in [0.1, 0.15) is 24.2 Å². The van der Waals surface area contributed by atoms with E-state index in [4.69, 9.17) is 21.1 Å². The highest BCUT2D eigenvalue weighted by atomic mass is 35.5. The van der Waals surface area contributed by atoms with E-state index in [1.54, 1.807) is 23.1 Å². The summed E-state index contributed by atoms with van der Waals surface area (Å²) in [4.78, 5) is 25.6. The van der Waals surface area contributed by atoms with Crippen molar-refractivity contribution in [1.82, 2.24) is 4.90 Å². The molecule has 1 aliphatic heterocycles. The maximum absolute atomic E-state index is 12.1. The summed E-state index contributed by atoms with van der Waals surface area (Å²) in [6.45, 7) is 4.57. The molecule has 0 saturated carbocycles. The third-order valence-corrected chi connectivity index (χ3v) is 3.39. The van der Waals surface area contributed by atoms with E-state index in [0.717, 1.165) is 0 Å². The Morgan fingerprint density at radius 3 is 2.62 bits per heavy atom. The summed E-state index contributed by atoms with van der Waals surface area (Å²) in [6, 6.07) is 6.43. The first-order valence-electron chi connectivity index (χ1n) is 6.81. The number of amides is 1. The van der Waals surface area contributed by atoms with Gasteiger partial charge in [-0.2, -0.15) is 0 Å². The van der Waals surface area contributed by atoms with Crippen molar-refractivity contribution in [3.05, 3.63) is 34.9 Å². The lowest BCUT2D eigenvalue weighted by Crippen LogP contribution is -2.49. The third kappa shape index (κ3) is 4.44. The van der Waals surface area contributed by atoms with Crippen molar-refractivity contribution in [1.29, 1.82) is 0 Å². The summed E-state index contributed by atoms with van der Waals surface area (Å²) in [5.41, 5.74) is 0.332. The first-order chi connectivity index (χ1) is 9.95. The molecule has 0 aromatic heterocycles. The molecule has 1 aromatic rings. The van der Waals surface area contributed by atoms with Crippen molar-refractivity contribution >= 4 is 23.5 Å². The minimum atomic E-state index is -0.555. The number of rotatable bonds is 3. The fraction of sp³-hybridized carbons (Fsp3) is 0.467. The van der Waals surface area contributed by atoms with Crippen molar-refractivity contribution in [3.63, 3.8) is 0 Å². The Hall–Kier alpha value is -1.59. The molecule has 0 radical (unpaired) electrons. The number of hydrogen-bond donors (Lipinski definition) is 0. The van der Waals surface area contributed by atoms with Gasteiger partial charge in [-0.3, -0.25) is 4.79 Å². The zero-order valence-electron chi connectivity index (χ0n) is 12.0. The predicted molar refractivity (Wildman–Crippen MR) is 78.3 cm³/mol. The number of nitrogens with zero attached hydrogens (tertiary/aromatic N) is 1. The molecule has 1 fully saturated rings. The Balaban J connectivity index is 1.87. The van der Waals surface area contributed by atoms with Crippen LogP contribution in [0.3, 0.4) is 0 Å². The summed E-state index contributed by atoms with van der Waals surface area (Å²) in [5.74, 6) is -0.771. The van der Waals surface area contributed by atoms with Crippen molar-refractivity contribution in [3.8, 4) is 0 Å². The smallest absolute Gasteiger partial charge is 0.338 e. The maximum Gasteiger partial charge on any atom is 0.338 e. The van der Waals surface area contributed by atoms with Gasteiger partial charge in [-0.05, 0) is 32.0 Å². The molecule has 2 rings (SSSR count). The van der Waals surface area contributed by atoms with Gasteiger partial charge in [0.1, 0.15) is 0 Å². The molecule has 2 unspecified atom stereocenters. The molecule has 1 heterocycles. The normalized spacial score (nSPS) is 22.0. The van der Waals surface area contributed by atoms with Crippen molar-refractivity contribution in [2.75, 3.05) is 19.7 Å². The highest BCUT2D eigenvalue weighted by Gasteiger charge is 2.26. The van der Waals surface area contributed by atoms with Crippen LogP contribution in [0.15, 0.2) is 24.3 Å². The van der Waals surface area contributed by atoms with Gasteiger partial charge < -0.3 is 14.4 Å². The van der Waals surface area contributed by atoms with Gasteiger partial charge in [0.05, 0.1) is 17.8 Å². The Kier molecular flexibility index (Phi) is 5.20. The maximum atomic E-state index is 12.1. The monoisotopic (exact) mass is 311 g/mol. The average Bonchev–Trinajstić information content (AvgIpc) is 2.43. The summed E-state index contributed by atoms with van der Waals surface area (Å²) >= 11 is 5.81. The quantitative estimate of drug-likeness (QED) is 0.803. The van der Waals surface area contributed by atoms with Crippen LogP contribution >= 0.6 is 11.6 Å². The predicted octanol–water partition coefficient (Wildman–Crippen LogP) is 2.13. The first kappa shape index (κ1) is 15.8. The molecule has 0 aliphatic carbocycles. The number of benzene rings is 1. The Morgan fingerprint density at radius 2 is 2.00 bits per heavy atom.